The zero-order chi connectivity index (χ0) is 16.3. The van der Waals surface area contributed by atoms with Gasteiger partial charge in [-0.1, -0.05) is 29.3 Å². The maximum absolute atomic E-state index is 11.4. The van der Waals surface area contributed by atoms with Gasteiger partial charge in [0, 0.05) is 25.3 Å². The molecule has 1 fully saturated rings. The normalized spacial score (nSPS) is 23.7. The molecule has 1 saturated heterocycles. The van der Waals surface area contributed by atoms with Gasteiger partial charge in [-0.15, -0.1) is 12.4 Å². The number of aliphatic hydroxyl groups is 1. The van der Waals surface area contributed by atoms with Crippen molar-refractivity contribution in [1.82, 2.24) is 5.32 Å². The van der Waals surface area contributed by atoms with E-state index in [2.05, 4.69) is 5.32 Å². The first-order chi connectivity index (χ1) is 10.3. The number of aliphatic hydroxyl groups excluding tert-OH is 1. The van der Waals surface area contributed by atoms with Crippen LogP contribution < -0.4 is 5.32 Å². The molecule has 3 atom stereocenters. The minimum atomic E-state index is -3.30. The monoisotopic (exact) mass is 403 g/mol. The van der Waals surface area contributed by atoms with Gasteiger partial charge in [0.2, 0.25) is 0 Å². The van der Waals surface area contributed by atoms with Crippen molar-refractivity contribution in [3.05, 3.63) is 33.8 Å². The average molecular weight is 405 g/mol. The summed E-state index contributed by atoms with van der Waals surface area (Å²) in [6, 6.07) is 5.23. The van der Waals surface area contributed by atoms with Crippen LogP contribution in [-0.4, -0.2) is 57.4 Å². The first-order valence-corrected chi connectivity index (χ1v) is 9.72. The predicted octanol–water partition coefficient (Wildman–Crippen LogP) is 1.89. The number of ether oxygens (including phenoxy) is 1. The van der Waals surface area contributed by atoms with Crippen LogP contribution in [0, 0.1) is 0 Å². The molecule has 0 amide bonds. The van der Waals surface area contributed by atoms with Gasteiger partial charge in [0.25, 0.3) is 0 Å². The van der Waals surface area contributed by atoms with E-state index in [1.807, 2.05) is 6.07 Å². The van der Waals surface area contributed by atoms with Crippen LogP contribution in [0.4, 0.5) is 0 Å². The van der Waals surface area contributed by atoms with E-state index in [0.29, 0.717) is 29.7 Å². The summed E-state index contributed by atoms with van der Waals surface area (Å²) in [4.78, 5) is 0. The molecule has 1 aromatic rings. The highest BCUT2D eigenvalue weighted by Crippen LogP contribution is 2.31. The Hall–Kier alpha value is -0.0800. The third-order valence-electron chi connectivity index (χ3n) is 3.57. The first-order valence-electron chi connectivity index (χ1n) is 6.91. The Balaban J connectivity index is 0.00000264. The van der Waals surface area contributed by atoms with E-state index in [-0.39, 0.29) is 24.1 Å². The van der Waals surface area contributed by atoms with Crippen LogP contribution in [0.1, 0.15) is 11.5 Å². The van der Waals surface area contributed by atoms with Gasteiger partial charge in [-0.3, -0.25) is 0 Å². The zero-order valence-electron chi connectivity index (χ0n) is 12.5. The zero-order valence-corrected chi connectivity index (χ0v) is 15.7. The maximum Gasteiger partial charge on any atom is 0.150 e. The number of rotatable bonds is 4. The van der Waals surface area contributed by atoms with E-state index in [4.69, 9.17) is 27.9 Å². The topological polar surface area (TPSA) is 75.6 Å². The van der Waals surface area contributed by atoms with Crippen LogP contribution >= 0.6 is 35.6 Å². The Labute approximate surface area is 152 Å². The number of hydrogen-bond acceptors (Lipinski definition) is 5. The molecule has 2 N–H and O–H groups in total. The Morgan fingerprint density at radius 3 is 2.70 bits per heavy atom. The van der Waals surface area contributed by atoms with Crippen molar-refractivity contribution in [3.63, 3.8) is 0 Å². The van der Waals surface area contributed by atoms with E-state index in [1.165, 1.54) is 0 Å². The highest BCUT2D eigenvalue weighted by molar-refractivity contribution is 7.90. The van der Waals surface area contributed by atoms with Gasteiger partial charge in [0.1, 0.15) is 9.84 Å². The Kier molecular flexibility index (Phi) is 8.07. The van der Waals surface area contributed by atoms with Gasteiger partial charge in [-0.2, -0.15) is 0 Å². The summed E-state index contributed by atoms with van der Waals surface area (Å²) in [5.41, 5.74) is 0.848. The third kappa shape index (κ3) is 6.05. The van der Waals surface area contributed by atoms with Crippen LogP contribution in [0.25, 0.3) is 0 Å². The summed E-state index contributed by atoms with van der Waals surface area (Å²) in [7, 11) is -3.30. The molecule has 0 aliphatic carbocycles. The second-order valence-electron chi connectivity index (χ2n) is 5.48. The average Bonchev–Trinajstić information content (AvgIpc) is 2.65. The molecule has 0 radical (unpaired) electrons. The van der Waals surface area contributed by atoms with Crippen molar-refractivity contribution in [2.24, 2.45) is 0 Å². The Bertz CT molecular complexity index is 626. The van der Waals surface area contributed by atoms with Crippen LogP contribution in [0.5, 0.6) is 0 Å². The lowest BCUT2D eigenvalue weighted by atomic mass is 9.90. The molecule has 1 aliphatic rings. The molecule has 0 aromatic heterocycles. The third-order valence-corrected chi connectivity index (χ3v) is 5.26. The van der Waals surface area contributed by atoms with Crippen LogP contribution in [0.3, 0.4) is 0 Å². The van der Waals surface area contributed by atoms with Gasteiger partial charge >= 0.3 is 0 Å². The molecular weight excluding hydrogens is 385 g/mol. The van der Waals surface area contributed by atoms with Crippen molar-refractivity contribution < 1.29 is 18.3 Å². The number of sulfone groups is 1. The van der Waals surface area contributed by atoms with Gasteiger partial charge in [-0.25, -0.2) is 8.42 Å². The SMILES string of the molecule is CS(=O)(=O)CC(O)C1OCCNCC1c1ccc(Cl)c(Cl)c1.Cl. The highest BCUT2D eigenvalue weighted by atomic mass is 35.5. The summed E-state index contributed by atoms with van der Waals surface area (Å²) in [6.45, 7) is 1.60. The van der Waals surface area contributed by atoms with E-state index in [9.17, 15) is 13.5 Å². The van der Waals surface area contributed by atoms with Gasteiger partial charge in [0.15, 0.2) is 0 Å². The molecule has 1 aliphatic heterocycles. The summed E-state index contributed by atoms with van der Waals surface area (Å²) < 4.78 is 28.6. The van der Waals surface area contributed by atoms with Crippen molar-refractivity contribution in [1.29, 1.82) is 0 Å². The summed E-state index contributed by atoms with van der Waals surface area (Å²) in [6.07, 6.45) is -0.629. The number of halogens is 3. The largest absolute Gasteiger partial charge is 0.389 e. The molecule has 0 saturated carbocycles. The van der Waals surface area contributed by atoms with Gasteiger partial charge < -0.3 is 15.2 Å². The Morgan fingerprint density at radius 1 is 1.39 bits per heavy atom. The maximum atomic E-state index is 11.4. The lowest BCUT2D eigenvalue weighted by Crippen LogP contribution is -2.40. The molecule has 132 valence electrons. The number of nitrogens with one attached hydrogen (secondary N) is 1. The summed E-state index contributed by atoms with van der Waals surface area (Å²) in [5.74, 6) is -0.552. The van der Waals surface area contributed by atoms with E-state index in [1.54, 1.807) is 12.1 Å². The van der Waals surface area contributed by atoms with E-state index < -0.39 is 22.0 Å². The summed E-state index contributed by atoms with van der Waals surface area (Å²) in [5, 5.41) is 14.4. The van der Waals surface area contributed by atoms with Crippen molar-refractivity contribution in [2.75, 3.05) is 31.7 Å². The quantitative estimate of drug-likeness (QED) is 0.801. The standard InChI is InChI=1S/C14H19Cl2NO4S.ClH/c1-22(19,20)8-13(18)14-10(7-17-4-5-21-14)9-2-3-11(15)12(16)6-9;/h2-3,6,10,13-14,17-18H,4-5,7-8H2,1H3;1H. The van der Waals surface area contributed by atoms with Gasteiger partial charge in [0.05, 0.1) is 34.6 Å². The fourth-order valence-electron chi connectivity index (χ4n) is 2.59. The highest BCUT2D eigenvalue weighted by Gasteiger charge is 2.33. The molecule has 1 aromatic carbocycles. The molecule has 3 unspecified atom stereocenters. The predicted molar refractivity (Wildman–Crippen MR) is 94.8 cm³/mol. The molecule has 5 nitrogen and oxygen atoms in total. The first kappa shape index (κ1) is 21.0. The molecule has 1 heterocycles. The molecule has 2 rings (SSSR count). The second kappa shape index (κ2) is 8.85. The molecule has 0 bridgehead atoms. The second-order valence-corrected chi connectivity index (χ2v) is 8.48. The summed E-state index contributed by atoms with van der Waals surface area (Å²) >= 11 is 12.0. The fraction of sp³-hybridized carbons (Fsp3) is 0.571. The van der Waals surface area contributed by atoms with Crippen LogP contribution in [0.15, 0.2) is 18.2 Å². The smallest absolute Gasteiger partial charge is 0.150 e. The number of benzene rings is 1. The Morgan fingerprint density at radius 2 is 2.09 bits per heavy atom. The number of hydrogen-bond donors (Lipinski definition) is 2. The minimum Gasteiger partial charge on any atom is -0.389 e. The van der Waals surface area contributed by atoms with Crippen LogP contribution in [0.2, 0.25) is 10.0 Å². The molecule has 0 spiro atoms. The molecule has 9 heteroatoms. The van der Waals surface area contributed by atoms with Crippen molar-refractivity contribution in [2.45, 2.75) is 18.1 Å². The minimum absolute atomic E-state index is 0. The lowest BCUT2D eigenvalue weighted by Gasteiger charge is -2.29. The lowest BCUT2D eigenvalue weighted by molar-refractivity contribution is -0.0309. The van der Waals surface area contributed by atoms with Crippen LogP contribution in [-0.2, 0) is 14.6 Å². The molecule has 23 heavy (non-hydrogen) atoms. The van der Waals surface area contributed by atoms with Crippen molar-refractivity contribution in [3.8, 4) is 0 Å². The van der Waals surface area contributed by atoms with E-state index in [0.717, 1.165) is 11.8 Å². The van der Waals surface area contributed by atoms with Crippen molar-refractivity contribution >= 4 is 45.4 Å². The fourth-order valence-corrected chi connectivity index (χ4v) is 3.71. The molecular formula is C14H20Cl3NO4S. The van der Waals surface area contributed by atoms with E-state index >= 15 is 0 Å². The van der Waals surface area contributed by atoms with Gasteiger partial charge in [-0.05, 0) is 17.7 Å².